The van der Waals surface area contributed by atoms with Crippen molar-refractivity contribution in [1.82, 2.24) is 4.90 Å². The lowest BCUT2D eigenvalue weighted by molar-refractivity contribution is -0.128. The first kappa shape index (κ1) is 24.6. The van der Waals surface area contributed by atoms with Gasteiger partial charge in [-0.15, -0.1) is 0 Å². The fourth-order valence-electron chi connectivity index (χ4n) is 3.71. The van der Waals surface area contributed by atoms with Gasteiger partial charge in [0.1, 0.15) is 5.54 Å². The number of anilines is 2. The molecule has 1 aliphatic heterocycles. The number of hydrogen-bond donors (Lipinski definition) is 0. The summed E-state index contributed by atoms with van der Waals surface area (Å²) in [5.41, 5.74) is 0.575. The number of carbonyl (C=O) groups excluding carboxylic acids is 2. The zero-order valence-corrected chi connectivity index (χ0v) is 20.4. The average molecular weight is 487 g/mol. The third kappa shape index (κ3) is 4.56. The number of nitrogens with zero attached hydrogens (tertiary/aromatic N) is 4. The van der Waals surface area contributed by atoms with Crippen LogP contribution in [0.1, 0.15) is 32.3 Å². The van der Waals surface area contributed by atoms with E-state index in [4.69, 9.17) is 30.4 Å². The van der Waals surface area contributed by atoms with E-state index in [1.165, 1.54) is 12.1 Å². The van der Waals surface area contributed by atoms with Crippen molar-refractivity contribution in [2.75, 3.05) is 23.9 Å². The van der Waals surface area contributed by atoms with Crippen LogP contribution in [0.3, 0.4) is 0 Å². The minimum atomic E-state index is -1.06. The summed E-state index contributed by atoms with van der Waals surface area (Å²) in [5, 5.41) is -0.216. The van der Waals surface area contributed by atoms with Gasteiger partial charge in [0.25, 0.3) is 5.91 Å². The van der Waals surface area contributed by atoms with Crippen LogP contribution >= 0.6 is 23.8 Å². The van der Waals surface area contributed by atoms with Gasteiger partial charge in [0.2, 0.25) is 11.6 Å². The third-order valence-electron chi connectivity index (χ3n) is 5.62. The number of aryl methyl sites for hydroxylation is 1. The molecule has 1 heterocycles. The van der Waals surface area contributed by atoms with Crippen LogP contribution < -0.4 is 9.80 Å². The quantitative estimate of drug-likeness (QED) is 0.407. The second-order valence-corrected chi connectivity index (χ2v) is 9.21. The van der Waals surface area contributed by atoms with Crippen LogP contribution in [0.2, 0.25) is 5.02 Å². The third-order valence-corrected chi connectivity index (χ3v) is 6.35. The first-order chi connectivity index (χ1) is 15.5. The normalized spacial score (nSPS) is 15.1. The summed E-state index contributed by atoms with van der Waals surface area (Å²) in [6.07, 6.45) is 1.95. The summed E-state index contributed by atoms with van der Waals surface area (Å²) in [6, 6.07) is 10.3. The molecule has 0 bridgehead atoms. The molecule has 172 valence electrons. The minimum absolute atomic E-state index is 0.0329. The molecular formula is C24H24ClFN4O2S. The smallest absolute Gasteiger partial charge is 0.259 e. The summed E-state index contributed by atoms with van der Waals surface area (Å²) in [5.74, 6) is -1.17. The van der Waals surface area contributed by atoms with E-state index in [1.807, 2.05) is 24.3 Å². The Labute approximate surface area is 203 Å². The highest BCUT2D eigenvalue weighted by Crippen LogP contribution is 2.40. The van der Waals surface area contributed by atoms with E-state index in [0.29, 0.717) is 12.1 Å². The first-order valence-corrected chi connectivity index (χ1v) is 11.1. The lowest BCUT2D eigenvalue weighted by Crippen LogP contribution is -2.44. The fourth-order valence-corrected chi connectivity index (χ4v) is 4.42. The summed E-state index contributed by atoms with van der Waals surface area (Å²) in [4.78, 5) is 32.6. The van der Waals surface area contributed by atoms with Crippen molar-refractivity contribution >= 4 is 57.8 Å². The Bertz CT molecular complexity index is 1160. The summed E-state index contributed by atoms with van der Waals surface area (Å²) < 4.78 is 14.9. The molecule has 1 saturated heterocycles. The van der Waals surface area contributed by atoms with Gasteiger partial charge in [0, 0.05) is 26.2 Å². The molecule has 0 spiro atoms. The van der Waals surface area contributed by atoms with E-state index in [2.05, 4.69) is 4.85 Å². The van der Waals surface area contributed by atoms with Gasteiger partial charge in [-0.2, -0.15) is 0 Å². The molecule has 9 heteroatoms. The van der Waals surface area contributed by atoms with E-state index < -0.39 is 17.3 Å². The number of carbonyl (C=O) groups is 2. The van der Waals surface area contributed by atoms with Gasteiger partial charge in [-0.05, 0) is 62.7 Å². The molecule has 1 fully saturated rings. The molecular weight excluding hydrogens is 463 g/mol. The van der Waals surface area contributed by atoms with Crippen LogP contribution in [0.25, 0.3) is 4.85 Å². The van der Waals surface area contributed by atoms with Crippen LogP contribution in [0.4, 0.5) is 21.5 Å². The molecule has 0 atom stereocenters. The molecule has 33 heavy (non-hydrogen) atoms. The van der Waals surface area contributed by atoms with Gasteiger partial charge in [-0.1, -0.05) is 29.8 Å². The number of halogens is 2. The van der Waals surface area contributed by atoms with Crippen molar-refractivity contribution in [3.8, 4) is 0 Å². The van der Waals surface area contributed by atoms with Gasteiger partial charge < -0.3 is 9.80 Å². The first-order valence-electron chi connectivity index (χ1n) is 10.3. The maximum Gasteiger partial charge on any atom is 0.259 e. The molecule has 2 aromatic rings. The molecule has 0 aliphatic carbocycles. The van der Waals surface area contributed by atoms with E-state index >= 15 is 0 Å². The van der Waals surface area contributed by atoms with Crippen molar-refractivity contribution in [3.05, 3.63) is 64.2 Å². The monoisotopic (exact) mass is 486 g/mol. The molecule has 6 nitrogen and oxygen atoms in total. The van der Waals surface area contributed by atoms with Crippen molar-refractivity contribution in [3.63, 3.8) is 0 Å². The molecule has 2 aromatic carbocycles. The van der Waals surface area contributed by atoms with Crippen LogP contribution in [0, 0.1) is 12.4 Å². The van der Waals surface area contributed by atoms with Gasteiger partial charge in [-0.3, -0.25) is 14.5 Å². The van der Waals surface area contributed by atoms with Crippen LogP contribution in [0.5, 0.6) is 0 Å². The molecule has 0 unspecified atom stereocenters. The lowest BCUT2D eigenvalue weighted by Gasteiger charge is -2.29. The Kier molecular flexibility index (Phi) is 7.06. The SMILES string of the molecule is [C-]#[N+]c1ccc(N2C(=O)C(C)(C)N(c3ccc(CCCC(=O)N(C)C)cc3)C2=S)c(F)c1Cl. The minimum Gasteiger partial charge on any atom is -0.349 e. The highest BCUT2D eigenvalue weighted by Gasteiger charge is 2.51. The molecule has 1 aliphatic rings. The van der Waals surface area contributed by atoms with Gasteiger partial charge in [0.05, 0.1) is 17.3 Å². The highest BCUT2D eigenvalue weighted by molar-refractivity contribution is 7.81. The van der Waals surface area contributed by atoms with Crippen molar-refractivity contribution < 1.29 is 14.0 Å². The molecule has 2 amide bonds. The summed E-state index contributed by atoms with van der Waals surface area (Å²) in [6.45, 7) is 10.5. The Morgan fingerprint density at radius 3 is 2.42 bits per heavy atom. The van der Waals surface area contributed by atoms with E-state index in [0.717, 1.165) is 23.3 Å². The van der Waals surface area contributed by atoms with Gasteiger partial charge in [-0.25, -0.2) is 9.24 Å². The van der Waals surface area contributed by atoms with Gasteiger partial charge in [0.15, 0.2) is 10.9 Å². The van der Waals surface area contributed by atoms with E-state index in [-0.39, 0.29) is 27.4 Å². The zero-order chi connectivity index (χ0) is 24.5. The standard InChI is InChI=1S/C24H24ClFN4O2S/c1-24(2)22(32)29(18-14-13-17(27-3)20(25)21(18)26)23(33)30(24)16-11-9-15(10-12-16)7-6-8-19(31)28(4)5/h9-14H,6-8H2,1-2,4-5H3. The van der Waals surface area contributed by atoms with Crippen molar-refractivity contribution in [2.45, 2.75) is 38.6 Å². The summed E-state index contributed by atoms with van der Waals surface area (Å²) >= 11 is 11.6. The number of benzene rings is 2. The van der Waals surface area contributed by atoms with Crippen LogP contribution in [0.15, 0.2) is 36.4 Å². The number of amides is 2. The Morgan fingerprint density at radius 2 is 1.85 bits per heavy atom. The zero-order valence-electron chi connectivity index (χ0n) is 18.9. The van der Waals surface area contributed by atoms with Crippen molar-refractivity contribution in [1.29, 1.82) is 0 Å². The predicted molar refractivity (Wildman–Crippen MR) is 132 cm³/mol. The fraction of sp³-hybridized carbons (Fsp3) is 0.333. The Hall–Kier alpha value is -3.02. The van der Waals surface area contributed by atoms with Gasteiger partial charge >= 0.3 is 0 Å². The summed E-state index contributed by atoms with van der Waals surface area (Å²) in [7, 11) is 3.47. The van der Waals surface area contributed by atoms with Crippen molar-refractivity contribution in [2.24, 2.45) is 0 Å². The number of hydrogen-bond acceptors (Lipinski definition) is 3. The topological polar surface area (TPSA) is 48.2 Å². The molecule has 3 rings (SSSR count). The predicted octanol–water partition coefficient (Wildman–Crippen LogP) is 5.36. The average Bonchev–Trinajstić information content (AvgIpc) is 2.94. The van der Waals surface area contributed by atoms with E-state index in [1.54, 1.807) is 37.7 Å². The van der Waals surface area contributed by atoms with Crippen LogP contribution in [-0.4, -0.2) is 41.5 Å². The maximum absolute atomic E-state index is 14.9. The van der Waals surface area contributed by atoms with E-state index in [9.17, 15) is 14.0 Å². The molecule has 0 radical (unpaired) electrons. The number of rotatable bonds is 6. The Morgan fingerprint density at radius 1 is 1.21 bits per heavy atom. The number of thiocarbonyl (C=S) groups is 1. The second kappa shape index (κ2) is 9.46. The highest BCUT2D eigenvalue weighted by atomic mass is 35.5. The molecule has 0 N–H and O–H groups in total. The Balaban J connectivity index is 1.85. The molecule has 0 aromatic heterocycles. The molecule has 0 saturated carbocycles. The lowest BCUT2D eigenvalue weighted by atomic mass is 10.0. The largest absolute Gasteiger partial charge is 0.349 e. The maximum atomic E-state index is 14.9. The second-order valence-electron chi connectivity index (χ2n) is 8.47. The van der Waals surface area contributed by atoms with Crippen LogP contribution in [-0.2, 0) is 16.0 Å².